The lowest BCUT2D eigenvalue weighted by atomic mass is 9.97. The van der Waals surface area contributed by atoms with Crippen LogP contribution in [0.3, 0.4) is 0 Å². The van der Waals surface area contributed by atoms with Crippen molar-refractivity contribution >= 4 is 25.9 Å². The highest BCUT2D eigenvalue weighted by Crippen LogP contribution is 2.47. The maximum Gasteiger partial charge on any atom is 0.459 e. The van der Waals surface area contributed by atoms with Crippen LogP contribution in [-0.4, -0.2) is 62.3 Å². The summed E-state index contributed by atoms with van der Waals surface area (Å²) in [5.41, 5.74) is -2.48. The second kappa shape index (κ2) is 11.7. The molecule has 37 heavy (non-hydrogen) atoms. The number of rotatable bonds is 10. The van der Waals surface area contributed by atoms with Gasteiger partial charge < -0.3 is 24.2 Å². The summed E-state index contributed by atoms with van der Waals surface area (Å²) >= 11 is 5.11. The van der Waals surface area contributed by atoms with E-state index in [0.29, 0.717) is 0 Å². The molecule has 4 N–H and O–H groups in total. The molecule has 14 heteroatoms. The van der Waals surface area contributed by atoms with Crippen LogP contribution in [0.4, 0.5) is 0 Å². The Hall–Kier alpha value is -2.82. The maximum atomic E-state index is 13.7. The molecule has 1 aromatic heterocycles. The van der Waals surface area contributed by atoms with Gasteiger partial charge in [-0.15, -0.1) is 6.42 Å². The Bertz CT molecular complexity index is 1310. The molecule has 1 aromatic carbocycles. The third-order valence-corrected chi connectivity index (χ3v) is 7.21. The average Bonchev–Trinajstić information content (AvgIpc) is 3.08. The lowest BCUT2D eigenvalue weighted by Gasteiger charge is -2.29. The van der Waals surface area contributed by atoms with Crippen LogP contribution in [0.1, 0.15) is 27.0 Å². The van der Waals surface area contributed by atoms with Gasteiger partial charge in [0, 0.05) is 12.3 Å². The van der Waals surface area contributed by atoms with Gasteiger partial charge in [0.05, 0.1) is 6.10 Å². The van der Waals surface area contributed by atoms with Crippen LogP contribution in [0, 0.1) is 17.1 Å². The van der Waals surface area contributed by atoms with Crippen LogP contribution in [0.15, 0.2) is 47.4 Å². The number of para-hydroxylation sites is 1. The van der Waals surface area contributed by atoms with Gasteiger partial charge in [0.2, 0.25) is 0 Å². The molecule has 2 heterocycles. The zero-order chi connectivity index (χ0) is 27.4. The number of nitrogens with one attached hydrogen (secondary N) is 2. The molecule has 2 aromatic rings. The van der Waals surface area contributed by atoms with Crippen LogP contribution in [-0.2, 0) is 23.4 Å². The van der Waals surface area contributed by atoms with Gasteiger partial charge in [0.1, 0.15) is 30.6 Å². The predicted molar refractivity (Wildman–Crippen MR) is 134 cm³/mol. The number of benzene rings is 1. The van der Waals surface area contributed by atoms with E-state index in [2.05, 4.69) is 16.0 Å². The van der Waals surface area contributed by atoms with Crippen molar-refractivity contribution < 1.29 is 38.1 Å². The minimum atomic E-state index is -4.35. The Kier molecular flexibility index (Phi) is 9.09. The fourth-order valence-electron chi connectivity index (χ4n) is 3.43. The van der Waals surface area contributed by atoms with Crippen molar-refractivity contribution in [3.05, 3.63) is 57.7 Å². The molecule has 0 saturated carbocycles. The first-order valence-corrected chi connectivity index (χ1v) is 13.2. The predicted octanol–water partition coefficient (Wildman–Crippen LogP) is 1.66. The third-order valence-electron chi connectivity index (χ3n) is 5.27. The van der Waals surface area contributed by atoms with Gasteiger partial charge in [0.25, 0.3) is 5.56 Å². The summed E-state index contributed by atoms with van der Waals surface area (Å²) in [4.78, 5) is 26.2. The molecule has 1 saturated heterocycles. The number of aliphatic hydroxyl groups excluding tert-OH is 2. The third kappa shape index (κ3) is 6.74. The normalized spacial score (nSPS) is 25.7. The van der Waals surface area contributed by atoms with E-state index in [1.165, 1.54) is 29.8 Å². The average molecular weight is 554 g/mol. The molecular weight excluding hydrogens is 525 g/mol. The Labute approximate surface area is 218 Å². The lowest BCUT2D eigenvalue weighted by Crippen LogP contribution is -2.46. The van der Waals surface area contributed by atoms with E-state index in [4.69, 9.17) is 37.2 Å². The van der Waals surface area contributed by atoms with Crippen molar-refractivity contribution in [3.63, 3.8) is 0 Å². The smallest absolute Gasteiger partial charge is 0.459 e. The monoisotopic (exact) mass is 553 g/mol. The fourth-order valence-corrected chi connectivity index (χ4v) is 5.22. The van der Waals surface area contributed by atoms with E-state index in [9.17, 15) is 24.4 Å². The van der Waals surface area contributed by atoms with Gasteiger partial charge >= 0.3 is 13.7 Å². The van der Waals surface area contributed by atoms with Crippen LogP contribution >= 0.6 is 20.0 Å². The summed E-state index contributed by atoms with van der Waals surface area (Å²) in [6, 6.07) is 8.05. The molecule has 3 rings (SSSR count). The zero-order valence-electron chi connectivity index (χ0n) is 20.3. The van der Waals surface area contributed by atoms with Gasteiger partial charge in [-0.1, -0.05) is 24.1 Å². The SMILES string of the molecule is C#CC1(COP(=O)(NC(C)C(=O)OC(C)C)Oc2ccccc2)OC(n2ccc(=O)[nH]c2=S)C(O)C1O. The van der Waals surface area contributed by atoms with Crippen molar-refractivity contribution in [2.45, 2.75) is 57.0 Å². The first-order valence-electron chi connectivity index (χ1n) is 11.2. The van der Waals surface area contributed by atoms with Gasteiger partial charge in [-0.3, -0.25) is 23.7 Å². The number of H-pyrrole nitrogens is 1. The number of ether oxygens (including phenoxy) is 2. The number of hydrogen-bond donors (Lipinski definition) is 4. The molecule has 0 aliphatic carbocycles. The standard InChI is InChI=1S/C23H28N3O9PS/c1-5-23(19(29)18(28)20(34-23)26-12-11-17(27)24-22(26)37)13-32-36(31,35-16-9-7-6-8-10-16)25-15(4)21(30)33-14(2)3/h1,6-12,14-15,18-20,28-29H,13H2,2-4H3,(H,25,31)(H,24,27,37). The van der Waals surface area contributed by atoms with Crippen molar-refractivity contribution in [2.75, 3.05) is 6.61 Å². The van der Waals surface area contributed by atoms with Crippen LogP contribution in [0.2, 0.25) is 0 Å². The number of terminal acetylenes is 1. The van der Waals surface area contributed by atoms with Crippen LogP contribution in [0.25, 0.3) is 0 Å². The van der Waals surface area contributed by atoms with E-state index < -0.39 is 62.1 Å². The minimum Gasteiger partial charge on any atom is -0.462 e. The maximum absolute atomic E-state index is 13.7. The zero-order valence-corrected chi connectivity index (χ0v) is 22.0. The Morgan fingerprint density at radius 2 is 2.00 bits per heavy atom. The van der Waals surface area contributed by atoms with Gasteiger partial charge in [0.15, 0.2) is 16.6 Å². The van der Waals surface area contributed by atoms with Gasteiger partial charge in [-0.25, -0.2) is 4.57 Å². The quantitative estimate of drug-likeness (QED) is 0.147. The molecule has 0 amide bonds. The number of aliphatic hydroxyl groups is 2. The van der Waals surface area contributed by atoms with E-state index in [1.807, 2.05) is 0 Å². The van der Waals surface area contributed by atoms with Gasteiger partial charge in [-0.05, 0) is 45.1 Å². The number of carbonyl (C=O) groups is 1. The molecule has 6 atom stereocenters. The summed E-state index contributed by atoms with van der Waals surface area (Å²) < 4.78 is 36.9. The van der Waals surface area contributed by atoms with Gasteiger partial charge in [-0.2, -0.15) is 5.09 Å². The lowest BCUT2D eigenvalue weighted by molar-refractivity contribution is -0.149. The van der Waals surface area contributed by atoms with Crippen molar-refractivity contribution in [2.24, 2.45) is 0 Å². The van der Waals surface area contributed by atoms with Crippen molar-refractivity contribution in [3.8, 4) is 18.1 Å². The summed E-state index contributed by atoms with van der Waals surface area (Å²) in [5.74, 6) is 1.70. The van der Waals surface area contributed by atoms with Crippen molar-refractivity contribution in [1.82, 2.24) is 14.6 Å². The molecule has 12 nitrogen and oxygen atoms in total. The largest absolute Gasteiger partial charge is 0.462 e. The highest BCUT2D eigenvalue weighted by molar-refractivity contribution is 7.71. The van der Waals surface area contributed by atoms with Crippen LogP contribution in [0.5, 0.6) is 5.75 Å². The second-order valence-electron chi connectivity index (χ2n) is 8.51. The summed E-state index contributed by atoms with van der Waals surface area (Å²) in [7, 11) is -4.35. The number of nitrogens with zero attached hydrogens (tertiary/aromatic N) is 1. The number of aromatic nitrogens is 2. The number of carbonyl (C=O) groups excluding carboxylic acids is 1. The molecule has 0 spiro atoms. The molecule has 1 fully saturated rings. The molecule has 1 aliphatic heterocycles. The number of esters is 1. The van der Waals surface area contributed by atoms with E-state index in [0.717, 1.165) is 6.07 Å². The van der Waals surface area contributed by atoms with Crippen molar-refractivity contribution in [1.29, 1.82) is 0 Å². The first kappa shape index (κ1) is 28.7. The van der Waals surface area contributed by atoms with Crippen LogP contribution < -0.4 is 15.2 Å². The molecule has 200 valence electrons. The summed E-state index contributed by atoms with van der Waals surface area (Å²) in [5, 5.41) is 24.0. The Balaban J connectivity index is 1.87. The Morgan fingerprint density at radius 1 is 1.32 bits per heavy atom. The molecule has 0 bridgehead atoms. The highest BCUT2D eigenvalue weighted by Gasteiger charge is 2.55. The topological polar surface area (TPSA) is 161 Å². The number of aromatic amines is 1. The second-order valence-corrected chi connectivity index (χ2v) is 10.6. The molecule has 6 unspecified atom stereocenters. The summed E-state index contributed by atoms with van der Waals surface area (Å²) in [6.07, 6.45) is 1.89. The highest BCUT2D eigenvalue weighted by atomic mass is 32.1. The van der Waals surface area contributed by atoms with E-state index >= 15 is 0 Å². The van der Waals surface area contributed by atoms with E-state index in [1.54, 1.807) is 32.0 Å². The molecular formula is C23H28N3O9PS. The minimum absolute atomic E-state index is 0.0882. The molecule has 0 radical (unpaired) electrons. The molecule has 1 aliphatic rings. The fraction of sp³-hybridized carbons (Fsp3) is 0.435. The summed E-state index contributed by atoms with van der Waals surface area (Å²) in [6.45, 7) is 4.00. The first-order chi connectivity index (χ1) is 17.4. The number of hydrogen-bond acceptors (Lipinski definition) is 10. The Morgan fingerprint density at radius 3 is 2.59 bits per heavy atom. The van der Waals surface area contributed by atoms with E-state index in [-0.39, 0.29) is 10.5 Å².